The molecule has 0 aliphatic heterocycles. The molecular weight excluding hydrogens is 360 g/mol. The molecule has 0 bridgehead atoms. The summed E-state index contributed by atoms with van der Waals surface area (Å²) in [7, 11) is -2.44. The van der Waals surface area contributed by atoms with Gasteiger partial charge in [-0.15, -0.1) is 0 Å². The van der Waals surface area contributed by atoms with Crippen LogP contribution in [0.15, 0.2) is 72.3 Å². The topological polar surface area (TPSA) is 29.5 Å². The van der Waals surface area contributed by atoms with Gasteiger partial charge >= 0.3 is 0 Å². The van der Waals surface area contributed by atoms with E-state index in [1.165, 1.54) is 10.4 Å². The summed E-state index contributed by atoms with van der Waals surface area (Å²) >= 11 is 0. The Hall–Kier alpha value is -1.68. The highest BCUT2D eigenvalue weighted by molar-refractivity contribution is 6.99. The summed E-state index contributed by atoms with van der Waals surface area (Å²) < 4.78 is 6.98. The number of aliphatic hydroxyl groups excluding tert-OH is 1. The number of hydrogen-bond acceptors (Lipinski definition) is 2. The minimum Gasteiger partial charge on any atom is -0.407 e. The van der Waals surface area contributed by atoms with Crippen LogP contribution in [0.4, 0.5) is 0 Å². The Kier molecular flexibility index (Phi) is 8.23. The van der Waals surface area contributed by atoms with Gasteiger partial charge in [-0.1, -0.05) is 100 Å². The predicted octanol–water partition coefficient (Wildman–Crippen LogP) is 4.92. The second kappa shape index (κ2) is 10.2. The number of allylic oxidation sites excluding steroid dienone is 1. The Morgan fingerprint density at radius 3 is 1.93 bits per heavy atom. The quantitative estimate of drug-likeness (QED) is 0.482. The maximum absolute atomic E-state index is 9.16. The molecule has 0 unspecified atom stereocenters. The van der Waals surface area contributed by atoms with Crippen LogP contribution in [0, 0.1) is 5.92 Å². The largest absolute Gasteiger partial charge is 0.407 e. The molecule has 3 heteroatoms. The summed E-state index contributed by atoms with van der Waals surface area (Å²) in [5.74, 6) is 0.462. The number of hydrogen-bond donors (Lipinski definition) is 1. The summed E-state index contributed by atoms with van der Waals surface area (Å²) in [5.41, 5.74) is 1.04. The maximum atomic E-state index is 9.16. The molecule has 152 valence electrons. The first-order valence-corrected chi connectivity index (χ1v) is 12.2. The molecule has 1 atom stereocenters. The van der Waals surface area contributed by atoms with Gasteiger partial charge in [-0.3, -0.25) is 0 Å². The van der Waals surface area contributed by atoms with E-state index >= 15 is 0 Å². The zero-order valence-corrected chi connectivity index (χ0v) is 19.1. The molecule has 0 heterocycles. The lowest BCUT2D eigenvalue weighted by atomic mass is 10.1. The molecule has 0 aliphatic carbocycles. The molecule has 0 fully saturated rings. The van der Waals surface area contributed by atoms with Crippen molar-refractivity contribution in [3.05, 3.63) is 72.3 Å². The second-order valence-corrected chi connectivity index (χ2v) is 13.2. The molecule has 2 aromatic rings. The lowest BCUT2D eigenvalue weighted by molar-refractivity contribution is 0.238. The van der Waals surface area contributed by atoms with Crippen LogP contribution >= 0.6 is 0 Å². The van der Waals surface area contributed by atoms with Crippen LogP contribution in [-0.4, -0.2) is 26.6 Å². The Labute approximate surface area is 172 Å². The molecule has 2 rings (SSSR count). The first kappa shape index (κ1) is 22.6. The molecule has 0 spiro atoms. The number of aliphatic hydroxyl groups is 1. The molecule has 2 aromatic carbocycles. The fraction of sp³-hybridized carbons (Fsp3) is 0.440. The smallest absolute Gasteiger partial charge is 0.261 e. The Bertz CT molecular complexity index is 693. The molecular formula is C25H36O2Si. The summed E-state index contributed by atoms with van der Waals surface area (Å²) in [6, 6.07) is 21.6. The van der Waals surface area contributed by atoms with E-state index in [-0.39, 0.29) is 11.6 Å². The van der Waals surface area contributed by atoms with Gasteiger partial charge in [-0.25, -0.2) is 0 Å². The highest BCUT2D eigenvalue weighted by Crippen LogP contribution is 2.37. The molecule has 28 heavy (non-hydrogen) atoms. The van der Waals surface area contributed by atoms with Gasteiger partial charge in [0.15, 0.2) is 0 Å². The average molecular weight is 397 g/mol. The molecule has 0 aliphatic rings. The molecule has 0 amide bonds. The maximum Gasteiger partial charge on any atom is 0.261 e. The van der Waals surface area contributed by atoms with Crippen LogP contribution in [-0.2, 0) is 4.43 Å². The van der Waals surface area contributed by atoms with Crippen LogP contribution in [0.3, 0.4) is 0 Å². The predicted molar refractivity (Wildman–Crippen MR) is 123 cm³/mol. The van der Waals surface area contributed by atoms with Crippen molar-refractivity contribution >= 4 is 18.7 Å². The van der Waals surface area contributed by atoms with Gasteiger partial charge in [0.25, 0.3) is 8.32 Å². The molecule has 0 saturated carbocycles. The van der Waals surface area contributed by atoms with Gasteiger partial charge in [0.2, 0.25) is 0 Å². The lowest BCUT2D eigenvalue weighted by Crippen LogP contribution is -2.66. The fourth-order valence-electron chi connectivity index (χ4n) is 3.79. The Morgan fingerprint density at radius 2 is 1.50 bits per heavy atom. The van der Waals surface area contributed by atoms with Gasteiger partial charge in [0.05, 0.1) is 6.61 Å². The van der Waals surface area contributed by atoms with E-state index in [2.05, 4.69) is 94.4 Å². The third-order valence-electron chi connectivity index (χ3n) is 5.40. The minimum atomic E-state index is -2.44. The first-order chi connectivity index (χ1) is 13.3. The van der Waals surface area contributed by atoms with Crippen LogP contribution in [0.5, 0.6) is 0 Å². The van der Waals surface area contributed by atoms with Crippen LogP contribution in [0.1, 0.15) is 47.5 Å². The van der Waals surface area contributed by atoms with Crippen molar-refractivity contribution in [1.29, 1.82) is 0 Å². The number of rotatable bonds is 9. The zero-order chi connectivity index (χ0) is 20.6. The summed E-state index contributed by atoms with van der Waals surface area (Å²) in [6.45, 7) is 12.1. The summed E-state index contributed by atoms with van der Waals surface area (Å²) in [5, 5.41) is 11.8. The lowest BCUT2D eigenvalue weighted by Gasteiger charge is -2.43. The van der Waals surface area contributed by atoms with E-state index in [1.54, 1.807) is 0 Å². The Balaban J connectivity index is 2.31. The van der Waals surface area contributed by atoms with Gasteiger partial charge in [0, 0.05) is 6.61 Å². The monoisotopic (exact) mass is 396 g/mol. The normalized spacial score (nSPS) is 14.1. The molecule has 2 nitrogen and oxygen atoms in total. The third-order valence-corrected chi connectivity index (χ3v) is 10.4. The van der Waals surface area contributed by atoms with Gasteiger partial charge < -0.3 is 9.53 Å². The SMILES string of the molecule is C/C(=C\CC[C@H](C)CO[Si](c1ccccc1)(c1ccccc1)C(C)(C)C)CO. The van der Waals surface area contributed by atoms with Crippen LogP contribution < -0.4 is 10.4 Å². The highest BCUT2D eigenvalue weighted by Gasteiger charge is 2.50. The molecule has 1 N–H and O–H groups in total. The Morgan fingerprint density at radius 1 is 1.00 bits per heavy atom. The zero-order valence-electron chi connectivity index (χ0n) is 18.1. The van der Waals surface area contributed by atoms with Crippen molar-refractivity contribution in [3.8, 4) is 0 Å². The van der Waals surface area contributed by atoms with Gasteiger partial charge in [0.1, 0.15) is 0 Å². The van der Waals surface area contributed by atoms with Crippen molar-refractivity contribution in [1.82, 2.24) is 0 Å². The van der Waals surface area contributed by atoms with E-state index in [9.17, 15) is 0 Å². The van der Waals surface area contributed by atoms with Crippen LogP contribution in [0.25, 0.3) is 0 Å². The molecule has 0 aromatic heterocycles. The highest BCUT2D eigenvalue weighted by atomic mass is 28.4. The average Bonchev–Trinajstić information content (AvgIpc) is 2.69. The van der Waals surface area contributed by atoms with Gasteiger partial charge in [-0.05, 0) is 41.1 Å². The van der Waals surface area contributed by atoms with Crippen molar-refractivity contribution in [2.24, 2.45) is 5.92 Å². The summed E-state index contributed by atoms with van der Waals surface area (Å²) in [6.07, 6.45) is 4.19. The van der Waals surface area contributed by atoms with Crippen molar-refractivity contribution < 1.29 is 9.53 Å². The number of benzene rings is 2. The van der Waals surface area contributed by atoms with E-state index in [0.29, 0.717) is 5.92 Å². The van der Waals surface area contributed by atoms with Crippen molar-refractivity contribution in [3.63, 3.8) is 0 Å². The fourth-order valence-corrected chi connectivity index (χ4v) is 8.48. The van der Waals surface area contributed by atoms with E-state index in [1.807, 2.05) is 6.92 Å². The van der Waals surface area contributed by atoms with E-state index < -0.39 is 8.32 Å². The summed E-state index contributed by atoms with van der Waals surface area (Å²) in [4.78, 5) is 0. The minimum absolute atomic E-state index is 0.0167. The van der Waals surface area contributed by atoms with Crippen LogP contribution in [0.2, 0.25) is 5.04 Å². The molecule has 0 radical (unpaired) electrons. The van der Waals surface area contributed by atoms with Crippen molar-refractivity contribution in [2.75, 3.05) is 13.2 Å². The van der Waals surface area contributed by atoms with E-state index in [4.69, 9.17) is 9.53 Å². The standard InChI is InChI=1S/C25H36O2Si/c1-21(19-26)13-12-14-22(2)20-27-28(25(3,4)5,23-15-8-6-9-16-23)24-17-10-7-11-18-24/h6-11,13,15-18,22,26H,12,14,19-20H2,1-5H3/b21-13+/t22-/m0/s1. The van der Waals surface area contributed by atoms with E-state index in [0.717, 1.165) is 25.0 Å². The first-order valence-electron chi connectivity index (χ1n) is 10.3. The molecule has 0 saturated heterocycles. The third kappa shape index (κ3) is 5.44. The van der Waals surface area contributed by atoms with Gasteiger partial charge in [-0.2, -0.15) is 0 Å². The second-order valence-electron chi connectivity index (χ2n) is 8.87. The van der Waals surface area contributed by atoms with Crippen molar-refractivity contribution in [2.45, 2.75) is 52.5 Å².